The number of aromatic nitrogens is 1. The summed E-state index contributed by atoms with van der Waals surface area (Å²) in [5.41, 5.74) is 1.62. The minimum absolute atomic E-state index is 0.189. The third-order valence-electron chi connectivity index (χ3n) is 4.23. The van der Waals surface area contributed by atoms with Gasteiger partial charge in [-0.25, -0.2) is 4.98 Å². The number of rotatable bonds is 4. The summed E-state index contributed by atoms with van der Waals surface area (Å²) in [6.45, 7) is 0. The number of carboxylic acid groups (broad SMARTS) is 1. The number of fused-ring (bicyclic) bond motifs is 1. The van der Waals surface area contributed by atoms with Crippen molar-refractivity contribution in [3.05, 3.63) is 18.2 Å². The Morgan fingerprint density at radius 1 is 1.30 bits per heavy atom. The van der Waals surface area contributed by atoms with Gasteiger partial charge in [0, 0.05) is 5.69 Å². The number of nitrogens with one attached hydrogen (secondary N) is 1. The van der Waals surface area contributed by atoms with Gasteiger partial charge in [0.15, 0.2) is 4.34 Å². The number of thioether (sulfide) groups is 1. The van der Waals surface area contributed by atoms with E-state index in [2.05, 4.69) is 10.3 Å². The van der Waals surface area contributed by atoms with Crippen molar-refractivity contribution >= 4 is 50.9 Å². The van der Waals surface area contributed by atoms with Crippen LogP contribution in [0.3, 0.4) is 0 Å². The molecule has 23 heavy (non-hydrogen) atoms. The molecule has 2 atom stereocenters. The summed E-state index contributed by atoms with van der Waals surface area (Å²) in [7, 11) is 0. The molecular formula is C16H18N2O3S2. The molecule has 1 heterocycles. The molecule has 0 saturated heterocycles. The molecule has 2 N–H and O–H groups in total. The van der Waals surface area contributed by atoms with E-state index in [-0.39, 0.29) is 5.91 Å². The Morgan fingerprint density at radius 2 is 2.04 bits per heavy atom. The number of aliphatic carboxylic acids is 1. The molecule has 1 aliphatic rings. The van der Waals surface area contributed by atoms with Crippen LogP contribution in [-0.4, -0.2) is 28.2 Å². The predicted molar refractivity (Wildman–Crippen MR) is 93.1 cm³/mol. The zero-order chi connectivity index (χ0) is 16.4. The summed E-state index contributed by atoms with van der Waals surface area (Å²) in [6, 6.07) is 5.61. The van der Waals surface area contributed by atoms with E-state index in [0.717, 1.165) is 27.4 Å². The van der Waals surface area contributed by atoms with E-state index in [1.807, 2.05) is 24.5 Å². The standard InChI is InChI=1S/C16H18N2O3S2/c1-22-16-18-12-7-6-9(8-13(12)23-16)17-14(19)10-4-2-3-5-11(10)15(20)21/h6-8,10-11H,2-5H2,1H3,(H,17,19)(H,20,21). The number of carbonyl (C=O) groups excluding carboxylic acids is 1. The number of carboxylic acids is 1. The van der Waals surface area contributed by atoms with Crippen molar-refractivity contribution in [1.29, 1.82) is 0 Å². The molecule has 0 aliphatic heterocycles. The van der Waals surface area contributed by atoms with Crippen molar-refractivity contribution in [3.63, 3.8) is 0 Å². The Balaban J connectivity index is 1.77. The largest absolute Gasteiger partial charge is 0.481 e. The number of thiazole rings is 1. The van der Waals surface area contributed by atoms with E-state index in [1.54, 1.807) is 23.1 Å². The Morgan fingerprint density at radius 3 is 2.74 bits per heavy atom. The van der Waals surface area contributed by atoms with E-state index in [0.29, 0.717) is 18.5 Å². The van der Waals surface area contributed by atoms with Crippen molar-refractivity contribution < 1.29 is 14.7 Å². The first kappa shape index (κ1) is 16.3. The maximum atomic E-state index is 12.5. The lowest BCUT2D eigenvalue weighted by Gasteiger charge is -2.27. The second-order valence-corrected chi connectivity index (χ2v) is 7.78. The number of anilines is 1. The summed E-state index contributed by atoms with van der Waals surface area (Å²) in [4.78, 5) is 28.3. The highest BCUT2D eigenvalue weighted by Crippen LogP contribution is 2.33. The fraction of sp³-hybridized carbons (Fsp3) is 0.438. The van der Waals surface area contributed by atoms with Crippen LogP contribution in [0.15, 0.2) is 22.5 Å². The summed E-state index contributed by atoms with van der Waals surface area (Å²) < 4.78 is 2.01. The molecule has 3 rings (SSSR count). The minimum Gasteiger partial charge on any atom is -0.481 e. The lowest BCUT2D eigenvalue weighted by molar-refractivity contribution is -0.147. The number of carbonyl (C=O) groups is 2. The van der Waals surface area contributed by atoms with Gasteiger partial charge < -0.3 is 10.4 Å². The molecule has 2 aromatic rings. The van der Waals surface area contributed by atoms with Crippen molar-refractivity contribution in [2.24, 2.45) is 11.8 Å². The second-order valence-electron chi connectivity index (χ2n) is 5.69. The molecule has 1 aromatic heterocycles. The number of benzene rings is 1. The van der Waals surface area contributed by atoms with Crippen LogP contribution in [0.4, 0.5) is 5.69 Å². The molecule has 1 fully saturated rings. The van der Waals surface area contributed by atoms with E-state index in [9.17, 15) is 14.7 Å². The maximum absolute atomic E-state index is 12.5. The molecule has 1 aliphatic carbocycles. The van der Waals surface area contributed by atoms with E-state index < -0.39 is 17.8 Å². The highest BCUT2D eigenvalue weighted by atomic mass is 32.2. The van der Waals surface area contributed by atoms with Gasteiger partial charge in [0.2, 0.25) is 5.91 Å². The van der Waals surface area contributed by atoms with Gasteiger partial charge in [0.25, 0.3) is 0 Å². The molecule has 0 bridgehead atoms. The van der Waals surface area contributed by atoms with Gasteiger partial charge in [-0.1, -0.05) is 24.6 Å². The Bertz CT molecular complexity index is 744. The van der Waals surface area contributed by atoms with Gasteiger partial charge in [-0.3, -0.25) is 9.59 Å². The summed E-state index contributed by atoms with van der Waals surface area (Å²) in [5, 5.41) is 12.2. The van der Waals surface area contributed by atoms with Crippen LogP contribution in [0.5, 0.6) is 0 Å². The average molecular weight is 350 g/mol. The molecular weight excluding hydrogens is 332 g/mol. The second kappa shape index (κ2) is 6.88. The zero-order valence-corrected chi connectivity index (χ0v) is 14.4. The van der Waals surface area contributed by atoms with Crippen molar-refractivity contribution in [2.45, 2.75) is 30.0 Å². The SMILES string of the molecule is CSc1nc2ccc(NC(=O)C3CCCCC3C(=O)O)cc2s1. The predicted octanol–water partition coefficient (Wildman–Crippen LogP) is 3.85. The number of hydrogen-bond acceptors (Lipinski definition) is 5. The highest BCUT2D eigenvalue weighted by molar-refractivity contribution is 8.00. The minimum atomic E-state index is -0.868. The van der Waals surface area contributed by atoms with Crippen LogP contribution < -0.4 is 5.32 Å². The third kappa shape index (κ3) is 3.50. The van der Waals surface area contributed by atoms with Gasteiger partial charge in [-0.2, -0.15) is 0 Å². The van der Waals surface area contributed by atoms with Crippen molar-refractivity contribution in [2.75, 3.05) is 11.6 Å². The lowest BCUT2D eigenvalue weighted by atomic mass is 9.78. The smallest absolute Gasteiger partial charge is 0.307 e. The quantitative estimate of drug-likeness (QED) is 0.819. The molecule has 0 radical (unpaired) electrons. The van der Waals surface area contributed by atoms with Gasteiger partial charge in [0.05, 0.1) is 22.1 Å². The molecule has 1 amide bonds. The molecule has 0 spiro atoms. The number of nitrogens with zero attached hydrogens (tertiary/aromatic N) is 1. The first-order valence-electron chi connectivity index (χ1n) is 7.56. The number of amides is 1. The van der Waals surface area contributed by atoms with Crippen molar-refractivity contribution in [1.82, 2.24) is 4.98 Å². The molecule has 122 valence electrons. The van der Waals surface area contributed by atoms with Crippen LogP contribution in [-0.2, 0) is 9.59 Å². The number of hydrogen-bond donors (Lipinski definition) is 2. The first-order valence-corrected chi connectivity index (χ1v) is 9.61. The molecule has 7 heteroatoms. The maximum Gasteiger partial charge on any atom is 0.307 e. The van der Waals surface area contributed by atoms with Crippen LogP contribution in [0, 0.1) is 11.8 Å². The van der Waals surface area contributed by atoms with Gasteiger partial charge in [-0.15, -0.1) is 11.3 Å². The van der Waals surface area contributed by atoms with Gasteiger partial charge in [0.1, 0.15) is 0 Å². The van der Waals surface area contributed by atoms with Crippen LogP contribution in [0.2, 0.25) is 0 Å². The summed E-state index contributed by atoms with van der Waals surface area (Å²) >= 11 is 3.18. The van der Waals surface area contributed by atoms with Crippen LogP contribution >= 0.6 is 23.1 Å². The fourth-order valence-corrected chi connectivity index (χ4v) is 4.57. The van der Waals surface area contributed by atoms with Gasteiger partial charge in [-0.05, 0) is 37.3 Å². The monoisotopic (exact) mass is 350 g/mol. The van der Waals surface area contributed by atoms with E-state index >= 15 is 0 Å². The normalized spacial score (nSPS) is 21.3. The molecule has 2 unspecified atom stereocenters. The summed E-state index contributed by atoms with van der Waals surface area (Å²) in [6.07, 6.45) is 4.99. The van der Waals surface area contributed by atoms with Gasteiger partial charge >= 0.3 is 5.97 Å². The lowest BCUT2D eigenvalue weighted by Crippen LogP contribution is -2.36. The Hall–Kier alpha value is -1.60. The topological polar surface area (TPSA) is 79.3 Å². The van der Waals surface area contributed by atoms with Crippen LogP contribution in [0.1, 0.15) is 25.7 Å². The highest BCUT2D eigenvalue weighted by Gasteiger charge is 2.35. The Kier molecular flexibility index (Phi) is 4.87. The third-order valence-corrected chi connectivity index (χ3v) is 6.23. The molecule has 1 saturated carbocycles. The zero-order valence-electron chi connectivity index (χ0n) is 12.7. The molecule has 1 aromatic carbocycles. The van der Waals surface area contributed by atoms with E-state index in [4.69, 9.17) is 0 Å². The van der Waals surface area contributed by atoms with Crippen LogP contribution in [0.25, 0.3) is 10.2 Å². The van der Waals surface area contributed by atoms with Crippen molar-refractivity contribution in [3.8, 4) is 0 Å². The first-order chi connectivity index (χ1) is 11.1. The fourth-order valence-electron chi connectivity index (χ4n) is 3.04. The molecule has 5 nitrogen and oxygen atoms in total. The average Bonchev–Trinajstić information content (AvgIpc) is 2.97. The van der Waals surface area contributed by atoms with E-state index in [1.165, 1.54) is 0 Å². The summed E-state index contributed by atoms with van der Waals surface area (Å²) in [5.74, 6) is -2.07. The Labute approximate surface area is 142 Å².